The highest BCUT2D eigenvalue weighted by Crippen LogP contribution is 2.32. The molecule has 126 valence electrons. The minimum Gasteiger partial charge on any atom is -0.350 e. The molecule has 0 saturated carbocycles. The molecule has 1 aromatic carbocycles. The lowest BCUT2D eigenvalue weighted by Gasteiger charge is -2.24. The number of pyridine rings is 1. The first-order valence-corrected chi connectivity index (χ1v) is 8.21. The number of aromatic nitrogens is 2. The van der Waals surface area contributed by atoms with Crippen molar-refractivity contribution in [2.75, 3.05) is 5.32 Å². The van der Waals surface area contributed by atoms with Crippen LogP contribution in [-0.2, 0) is 16.1 Å². The SMILES string of the molecule is Cc1cccn2cc(CNC(=O)C3CC(=O)Nc4ccccc43)nc12. The molecule has 0 saturated heterocycles. The number of anilines is 1. The number of imidazole rings is 1. The third-order valence-corrected chi connectivity index (χ3v) is 4.49. The molecule has 6 nitrogen and oxygen atoms in total. The molecule has 6 heteroatoms. The Morgan fingerprint density at radius 3 is 3.00 bits per heavy atom. The summed E-state index contributed by atoms with van der Waals surface area (Å²) in [5, 5.41) is 5.72. The van der Waals surface area contributed by atoms with Gasteiger partial charge in [0.1, 0.15) is 5.65 Å². The highest BCUT2D eigenvalue weighted by molar-refractivity contribution is 6.01. The molecule has 25 heavy (non-hydrogen) atoms. The fraction of sp³-hybridized carbons (Fsp3) is 0.211. The summed E-state index contributed by atoms with van der Waals surface area (Å²) in [5.74, 6) is -0.762. The van der Waals surface area contributed by atoms with E-state index in [1.165, 1.54) is 0 Å². The normalized spacial score (nSPS) is 16.4. The van der Waals surface area contributed by atoms with Crippen LogP contribution in [-0.4, -0.2) is 21.2 Å². The molecule has 2 N–H and O–H groups in total. The van der Waals surface area contributed by atoms with Gasteiger partial charge in [-0.1, -0.05) is 24.3 Å². The highest BCUT2D eigenvalue weighted by Gasteiger charge is 2.30. The number of nitrogens with one attached hydrogen (secondary N) is 2. The van der Waals surface area contributed by atoms with Crippen LogP contribution in [0.4, 0.5) is 5.69 Å². The van der Waals surface area contributed by atoms with Gasteiger partial charge < -0.3 is 15.0 Å². The number of benzene rings is 1. The van der Waals surface area contributed by atoms with Gasteiger partial charge in [0.05, 0.1) is 18.2 Å². The summed E-state index contributed by atoms with van der Waals surface area (Å²) in [5.41, 5.74) is 4.32. The van der Waals surface area contributed by atoms with Crippen LogP contribution in [0.1, 0.15) is 29.2 Å². The Morgan fingerprint density at radius 1 is 1.32 bits per heavy atom. The van der Waals surface area contributed by atoms with Crippen LogP contribution in [0.25, 0.3) is 5.65 Å². The quantitative estimate of drug-likeness (QED) is 0.772. The van der Waals surface area contributed by atoms with Gasteiger partial charge >= 0.3 is 0 Å². The van der Waals surface area contributed by atoms with E-state index in [0.717, 1.165) is 22.5 Å². The fourth-order valence-electron chi connectivity index (χ4n) is 3.24. The summed E-state index contributed by atoms with van der Waals surface area (Å²) < 4.78 is 1.94. The largest absolute Gasteiger partial charge is 0.350 e. The molecule has 1 aliphatic heterocycles. The Balaban J connectivity index is 1.52. The molecule has 3 heterocycles. The van der Waals surface area contributed by atoms with Gasteiger partial charge in [0.25, 0.3) is 0 Å². The summed E-state index contributed by atoms with van der Waals surface area (Å²) in [4.78, 5) is 29.1. The number of carbonyl (C=O) groups excluding carboxylic acids is 2. The van der Waals surface area contributed by atoms with Crippen molar-refractivity contribution >= 4 is 23.1 Å². The molecule has 1 aliphatic rings. The standard InChI is InChI=1S/C19H18N4O2/c1-12-5-4-8-23-11-13(21-18(12)23)10-20-19(25)15-9-17(24)22-16-7-3-2-6-14(15)16/h2-8,11,15H,9-10H2,1H3,(H,20,25)(H,22,24). The molecule has 0 radical (unpaired) electrons. The van der Waals surface area contributed by atoms with Crippen molar-refractivity contribution in [1.82, 2.24) is 14.7 Å². The molecular formula is C19H18N4O2. The molecule has 0 fully saturated rings. The van der Waals surface area contributed by atoms with Crippen molar-refractivity contribution < 1.29 is 9.59 Å². The van der Waals surface area contributed by atoms with E-state index < -0.39 is 5.92 Å². The molecule has 0 bridgehead atoms. The molecular weight excluding hydrogens is 316 g/mol. The molecule has 2 amide bonds. The summed E-state index contributed by atoms with van der Waals surface area (Å²) in [6.45, 7) is 2.34. The summed E-state index contributed by atoms with van der Waals surface area (Å²) in [7, 11) is 0. The Morgan fingerprint density at radius 2 is 2.16 bits per heavy atom. The summed E-state index contributed by atoms with van der Waals surface area (Å²) >= 11 is 0. The fourth-order valence-corrected chi connectivity index (χ4v) is 3.24. The van der Waals surface area contributed by atoms with Gasteiger partial charge in [0.15, 0.2) is 0 Å². The van der Waals surface area contributed by atoms with E-state index >= 15 is 0 Å². The van der Waals surface area contributed by atoms with E-state index in [-0.39, 0.29) is 18.2 Å². The topological polar surface area (TPSA) is 75.5 Å². The van der Waals surface area contributed by atoms with Crippen molar-refractivity contribution in [3.63, 3.8) is 0 Å². The third kappa shape index (κ3) is 2.87. The van der Waals surface area contributed by atoms with Gasteiger partial charge in [-0.3, -0.25) is 9.59 Å². The smallest absolute Gasteiger partial charge is 0.228 e. The monoisotopic (exact) mass is 334 g/mol. The summed E-state index contributed by atoms with van der Waals surface area (Å²) in [6, 6.07) is 11.4. The number of aryl methyl sites for hydroxylation is 1. The van der Waals surface area contributed by atoms with Crippen LogP contribution in [0.5, 0.6) is 0 Å². The van der Waals surface area contributed by atoms with E-state index in [9.17, 15) is 9.59 Å². The lowest BCUT2D eigenvalue weighted by molar-refractivity contribution is -0.126. The number of nitrogens with zero attached hydrogens (tertiary/aromatic N) is 2. The summed E-state index contributed by atoms with van der Waals surface area (Å²) in [6.07, 6.45) is 4.00. The van der Waals surface area contributed by atoms with Crippen LogP contribution in [0.2, 0.25) is 0 Å². The Labute approximate surface area is 144 Å². The number of carbonyl (C=O) groups is 2. The van der Waals surface area contributed by atoms with Gasteiger partial charge in [0, 0.05) is 24.5 Å². The second kappa shape index (κ2) is 6.05. The molecule has 3 aromatic rings. The zero-order valence-corrected chi connectivity index (χ0v) is 13.8. The maximum atomic E-state index is 12.6. The van der Waals surface area contributed by atoms with Gasteiger partial charge in [-0.15, -0.1) is 0 Å². The average molecular weight is 334 g/mol. The van der Waals surface area contributed by atoms with E-state index in [1.54, 1.807) is 0 Å². The maximum absolute atomic E-state index is 12.6. The Bertz CT molecular complexity index is 976. The van der Waals surface area contributed by atoms with Gasteiger partial charge in [-0.05, 0) is 30.2 Å². The van der Waals surface area contributed by atoms with E-state index in [1.807, 2.05) is 60.1 Å². The first-order chi connectivity index (χ1) is 12.1. The first-order valence-electron chi connectivity index (χ1n) is 8.21. The molecule has 0 aliphatic carbocycles. The minimum absolute atomic E-state index is 0.137. The number of hydrogen-bond acceptors (Lipinski definition) is 3. The van der Waals surface area contributed by atoms with Crippen LogP contribution in [0.15, 0.2) is 48.8 Å². The average Bonchev–Trinajstić information content (AvgIpc) is 3.03. The second-order valence-electron chi connectivity index (χ2n) is 6.26. The molecule has 0 spiro atoms. The predicted molar refractivity (Wildman–Crippen MR) is 94.2 cm³/mol. The van der Waals surface area contributed by atoms with Crippen molar-refractivity contribution in [2.24, 2.45) is 0 Å². The lowest BCUT2D eigenvalue weighted by atomic mass is 9.90. The maximum Gasteiger partial charge on any atom is 0.228 e. The van der Waals surface area contributed by atoms with Crippen molar-refractivity contribution in [1.29, 1.82) is 0 Å². The van der Waals surface area contributed by atoms with Gasteiger partial charge in [-0.2, -0.15) is 0 Å². The lowest BCUT2D eigenvalue weighted by Crippen LogP contribution is -2.34. The zero-order valence-electron chi connectivity index (χ0n) is 13.8. The second-order valence-corrected chi connectivity index (χ2v) is 6.26. The van der Waals surface area contributed by atoms with Crippen LogP contribution >= 0.6 is 0 Å². The predicted octanol–water partition coefficient (Wildman–Crippen LogP) is 2.38. The Kier molecular flexibility index (Phi) is 3.72. The number of amides is 2. The van der Waals surface area contributed by atoms with Crippen LogP contribution in [0.3, 0.4) is 0 Å². The van der Waals surface area contributed by atoms with Gasteiger partial charge in [0.2, 0.25) is 11.8 Å². The highest BCUT2D eigenvalue weighted by atomic mass is 16.2. The molecule has 4 rings (SSSR count). The number of para-hydroxylation sites is 1. The first kappa shape index (κ1) is 15.4. The van der Waals surface area contributed by atoms with Crippen LogP contribution < -0.4 is 10.6 Å². The number of fused-ring (bicyclic) bond motifs is 2. The minimum atomic E-state index is -0.469. The molecule has 1 unspecified atom stereocenters. The zero-order chi connectivity index (χ0) is 17.4. The van der Waals surface area contributed by atoms with E-state index in [2.05, 4.69) is 15.6 Å². The van der Waals surface area contributed by atoms with Crippen molar-refractivity contribution in [2.45, 2.75) is 25.8 Å². The third-order valence-electron chi connectivity index (χ3n) is 4.49. The molecule has 2 aromatic heterocycles. The van der Waals surface area contributed by atoms with Crippen molar-refractivity contribution in [3.8, 4) is 0 Å². The van der Waals surface area contributed by atoms with E-state index in [4.69, 9.17) is 0 Å². The van der Waals surface area contributed by atoms with Crippen LogP contribution in [0, 0.1) is 6.92 Å². The Hall–Kier alpha value is -3.15. The van der Waals surface area contributed by atoms with Gasteiger partial charge in [-0.25, -0.2) is 4.98 Å². The van der Waals surface area contributed by atoms with E-state index in [0.29, 0.717) is 12.2 Å². The molecule has 1 atom stereocenters. The van der Waals surface area contributed by atoms with Crippen molar-refractivity contribution in [3.05, 3.63) is 65.6 Å². The number of hydrogen-bond donors (Lipinski definition) is 2. The number of rotatable bonds is 3.